The highest BCUT2D eigenvalue weighted by molar-refractivity contribution is 6.04. The van der Waals surface area contributed by atoms with Crippen molar-refractivity contribution in [2.75, 3.05) is 31.6 Å². The number of nitrogens with zero attached hydrogens (tertiary/aromatic N) is 2. The van der Waals surface area contributed by atoms with Crippen LogP contribution in [0.25, 0.3) is 11.0 Å². The number of para-hydroxylation sites is 2. The maximum Gasteiger partial charge on any atom is 0.416 e. The average Bonchev–Trinajstić information content (AvgIpc) is 3.28. The number of ether oxygens (including phenoxy) is 1. The molecule has 8 nitrogen and oxygen atoms in total. The summed E-state index contributed by atoms with van der Waals surface area (Å²) >= 11 is 0. The van der Waals surface area contributed by atoms with Crippen LogP contribution in [0.5, 0.6) is 5.75 Å². The molecule has 2 heterocycles. The number of likely N-dealkylation sites (tertiary alicyclic amines) is 1. The van der Waals surface area contributed by atoms with E-state index in [1.54, 1.807) is 48.5 Å². The molecule has 1 aliphatic heterocycles. The van der Waals surface area contributed by atoms with E-state index in [-0.39, 0.29) is 24.1 Å². The molecule has 1 aliphatic rings. The Bertz CT molecular complexity index is 1530. The van der Waals surface area contributed by atoms with E-state index < -0.39 is 23.5 Å². The lowest BCUT2D eigenvalue weighted by molar-refractivity contribution is -0.137. The molecule has 3 N–H and O–H groups in total. The summed E-state index contributed by atoms with van der Waals surface area (Å²) in [4.78, 5) is 29.7. The SMILES string of the molecule is O=C(Nc1ccccc1OCC(O)CN1CCC(n2c(=O)[nH]c3cc(C(F)(F)F)ccc32)CC1)c1ccccc1. The third-order valence-electron chi connectivity index (χ3n) is 7.04. The molecule has 40 heavy (non-hydrogen) atoms. The van der Waals surface area contributed by atoms with Crippen LogP contribution in [0.2, 0.25) is 0 Å². The lowest BCUT2D eigenvalue weighted by Gasteiger charge is -2.33. The Morgan fingerprint density at radius 3 is 2.48 bits per heavy atom. The van der Waals surface area contributed by atoms with Crippen molar-refractivity contribution in [1.29, 1.82) is 0 Å². The van der Waals surface area contributed by atoms with Gasteiger partial charge in [0, 0.05) is 31.2 Å². The first-order chi connectivity index (χ1) is 19.2. The van der Waals surface area contributed by atoms with Crippen LogP contribution in [0, 0.1) is 0 Å². The molecular formula is C29H29F3N4O4. The molecule has 1 amide bonds. The molecule has 0 saturated carbocycles. The Morgan fingerprint density at radius 2 is 1.75 bits per heavy atom. The van der Waals surface area contributed by atoms with Gasteiger partial charge in [0.2, 0.25) is 0 Å². The fourth-order valence-corrected chi connectivity index (χ4v) is 5.05. The number of H-pyrrole nitrogens is 1. The number of hydrogen-bond donors (Lipinski definition) is 3. The first kappa shape index (κ1) is 27.5. The van der Waals surface area contributed by atoms with Crippen molar-refractivity contribution in [2.24, 2.45) is 0 Å². The maximum absolute atomic E-state index is 13.1. The van der Waals surface area contributed by atoms with E-state index >= 15 is 0 Å². The zero-order valence-corrected chi connectivity index (χ0v) is 21.5. The standard InChI is InChI=1S/C29H29F3N4O4/c30-29(31,32)20-10-11-25-24(16-20)34-28(39)36(25)21-12-14-35(15-13-21)17-22(37)18-40-26-9-5-4-8-23(26)33-27(38)19-6-2-1-3-7-19/h1-11,16,21-22,37H,12-15,17-18H2,(H,33,38)(H,34,39). The summed E-state index contributed by atoms with van der Waals surface area (Å²) in [6.07, 6.45) is -4.07. The van der Waals surface area contributed by atoms with Crippen LogP contribution in [-0.2, 0) is 6.18 Å². The minimum absolute atomic E-state index is 0.0155. The lowest BCUT2D eigenvalue weighted by atomic mass is 10.0. The highest BCUT2D eigenvalue weighted by atomic mass is 19.4. The Morgan fingerprint density at radius 1 is 1.05 bits per heavy atom. The van der Waals surface area contributed by atoms with Gasteiger partial charge in [-0.25, -0.2) is 4.79 Å². The van der Waals surface area contributed by atoms with Crippen molar-refractivity contribution in [3.63, 3.8) is 0 Å². The molecule has 1 atom stereocenters. The molecular weight excluding hydrogens is 525 g/mol. The van der Waals surface area contributed by atoms with Gasteiger partial charge in [-0.15, -0.1) is 0 Å². The zero-order chi connectivity index (χ0) is 28.3. The molecule has 11 heteroatoms. The average molecular weight is 555 g/mol. The zero-order valence-electron chi connectivity index (χ0n) is 21.5. The van der Waals surface area contributed by atoms with Gasteiger partial charge < -0.3 is 25.0 Å². The highest BCUT2D eigenvalue weighted by Crippen LogP contribution is 2.32. The fourth-order valence-electron chi connectivity index (χ4n) is 5.05. The number of hydrogen-bond acceptors (Lipinski definition) is 5. The van der Waals surface area contributed by atoms with Crippen LogP contribution in [0.3, 0.4) is 0 Å². The van der Waals surface area contributed by atoms with Crippen LogP contribution in [-0.4, -0.2) is 57.8 Å². The van der Waals surface area contributed by atoms with Crippen LogP contribution in [0.4, 0.5) is 18.9 Å². The summed E-state index contributed by atoms with van der Waals surface area (Å²) in [5.74, 6) is 0.173. The summed E-state index contributed by atoms with van der Waals surface area (Å²) in [6.45, 7) is 1.57. The molecule has 210 valence electrons. The summed E-state index contributed by atoms with van der Waals surface area (Å²) in [5.41, 5.74) is 0.385. The number of nitrogens with one attached hydrogen (secondary N) is 2. The number of imidazole rings is 1. The summed E-state index contributed by atoms with van der Waals surface area (Å²) in [5, 5.41) is 13.5. The Hall–Kier alpha value is -4.09. The van der Waals surface area contributed by atoms with Gasteiger partial charge in [0.15, 0.2) is 0 Å². The number of anilines is 1. The summed E-state index contributed by atoms with van der Waals surface area (Å²) < 4.78 is 46.5. The molecule has 4 aromatic rings. The fraction of sp³-hybridized carbons (Fsp3) is 0.310. The van der Waals surface area contributed by atoms with Gasteiger partial charge in [-0.3, -0.25) is 9.36 Å². The number of rotatable bonds is 8. The number of carbonyl (C=O) groups excluding carboxylic acids is 1. The first-order valence-electron chi connectivity index (χ1n) is 13.0. The quantitative estimate of drug-likeness (QED) is 0.294. The van der Waals surface area contributed by atoms with Crippen molar-refractivity contribution in [3.8, 4) is 5.75 Å². The van der Waals surface area contributed by atoms with Crippen LogP contribution < -0.4 is 15.7 Å². The molecule has 1 aromatic heterocycles. The smallest absolute Gasteiger partial charge is 0.416 e. The van der Waals surface area contributed by atoms with Crippen LogP contribution >= 0.6 is 0 Å². The number of aromatic nitrogens is 2. The lowest BCUT2D eigenvalue weighted by Crippen LogP contribution is -2.42. The largest absolute Gasteiger partial charge is 0.489 e. The number of halogens is 3. The number of aliphatic hydroxyl groups excluding tert-OH is 1. The number of amides is 1. The number of benzene rings is 3. The van der Waals surface area contributed by atoms with Gasteiger partial charge in [-0.1, -0.05) is 30.3 Å². The molecule has 5 rings (SSSR count). The second kappa shape index (κ2) is 11.6. The number of alkyl halides is 3. The van der Waals surface area contributed by atoms with E-state index in [1.807, 2.05) is 6.07 Å². The number of β-amino-alcohol motifs (C(OH)–C–C–N with tert-alkyl or cyclic N) is 1. The molecule has 1 unspecified atom stereocenters. The molecule has 3 aromatic carbocycles. The van der Waals surface area contributed by atoms with Crippen molar-refractivity contribution in [2.45, 2.75) is 31.2 Å². The third-order valence-corrected chi connectivity index (χ3v) is 7.04. The van der Waals surface area contributed by atoms with Gasteiger partial charge in [-0.2, -0.15) is 13.2 Å². The number of piperidine rings is 1. The normalized spacial score (nSPS) is 15.7. The molecule has 0 radical (unpaired) electrons. The maximum atomic E-state index is 13.1. The van der Waals surface area contributed by atoms with Crippen LogP contribution in [0.1, 0.15) is 34.8 Å². The van der Waals surface area contributed by atoms with E-state index in [2.05, 4.69) is 15.2 Å². The van der Waals surface area contributed by atoms with E-state index in [0.717, 1.165) is 12.1 Å². The van der Waals surface area contributed by atoms with E-state index in [1.165, 1.54) is 10.6 Å². The van der Waals surface area contributed by atoms with Crippen molar-refractivity contribution >= 4 is 22.6 Å². The third kappa shape index (κ3) is 6.21. The van der Waals surface area contributed by atoms with E-state index in [4.69, 9.17) is 4.74 Å². The minimum Gasteiger partial charge on any atom is -0.489 e. The predicted octanol–water partition coefficient (Wildman–Crippen LogP) is 4.68. The molecule has 0 aliphatic carbocycles. The summed E-state index contributed by atoms with van der Waals surface area (Å²) in [6, 6.07) is 18.9. The second-order valence-electron chi connectivity index (χ2n) is 9.84. The number of aliphatic hydroxyl groups is 1. The van der Waals surface area contributed by atoms with Crippen molar-refractivity contribution in [1.82, 2.24) is 14.5 Å². The summed E-state index contributed by atoms with van der Waals surface area (Å²) in [7, 11) is 0. The topological polar surface area (TPSA) is 99.6 Å². The molecule has 1 saturated heterocycles. The van der Waals surface area contributed by atoms with E-state index in [0.29, 0.717) is 55.0 Å². The Kier molecular flexibility index (Phi) is 7.95. The molecule has 0 spiro atoms. The monoisotopic (exact) mass is 554 g/mol. The van der Waals surface area contributed by atoms with Gasteiger partial charge in [0.25, 0.3) is 5.91 Å². The van der Waals surface area contributed by atoms with Gasteiger partial charge in [-0.05, 0) is 55.3 Å². The van der Waals surface area contributed by atoms with Gasteiger partial charge in [0.1, 0.15) is 18.5 Å². The Labute approximate surface area is 228 Å². The number of carbonyl (C=O) groups is 1. The van der Waals surface area contributed by atoms with Crippen molar-refractivity contribution < 1.29 is 27.8 Å². The second-order valence-corrected chi connectivity index (χ2v) is 9.84. The first-order valence-corrected chi connectivity index (χ1v) is 13.0. The van der Waals surface area contributed by atoms with Crippen LogP contribution in [0.15, 0.2) is 77.6 Å². The number of fused-ring (bicyclic) bond motifs is 1. The van der Waals surface area contributed by atoms with Crippen molar-refractivity contribution in [3.05, 3.63) is 94.4 Å². The Balaban J connectivity index is 1.15. The highest BCUT2D eigenvalue weighted by Gasteiger charge is 2.31. The predicted molar refractivity (Wildman–Crippen MR) is 145 cm³/mol. The van der Waals surface area contributed by atoms with Gasteiger partial charge in [0.05, 0.1) is 22.3 Å². The van der Waals surface area contributed by atoms with E-state index in [9.17, 15) is 27.9 Å². The van der Waals surface area contributed by atoms with Gasteiger partial charge >= 0.3 is 11.9 Å². The number of aromatic amines is 1. The minimum atomic E-state index is -4.48. The molecule has 1 fully saturated rings. The molecule has 0 bridgehead atoms.